The molecule has 0 rings (SSSR count). The van der Waals surface area contributed by atoms with E-state index >= 15 is 0 Å². The van der Waals surface area contributed by atoms with Gasteiger partial charge in [0.25, 0.3) is 0 Å². The number of hydrogen-bond donors (Lipinski definition) is 2. The van der Waals surface area contributed by atoms with Crippen molar-refractivity contribution in [3.05, 3.63) is 0 Å². The lowest BCUT2D eigenvalue weighted by Gasteiger charge is -2.16. The third kappa shape index (κ3) is 8.39. The number of carbonyl (C=O) groups excluding carboxylic acids is 1. The molecule has 0 spiro atoms. The first-order valence-corrected chi connectivity index (χ1v) is 7.74. The molecule has 2 N–H and O–H groups in total. The summed E-state index contributed by atoms with van der Waals surface area (Å²) in [6.45, 7) is 5.69. The molecule has 2 unspecified atom stereocenters. The summed E-state index contributed by atoms with van der Waals surface area (Å²) in [4.78, 5) is 21.8. The SMILES string of the molecule is CCCCC(CC)CSCC(NC(C)=O)C(=O)O. The van der Waals surface area contributed by atoms with E-state index in [1.54, 1.807) is 11.8 Å². The van der Waals surface area contributed by atoms with Crippen LogP contribution in [0.1, 0.15) is 46.5 Å². The summed E-state index contributed by atoms with van der Waals surface area (Å²) in [5, 5.41) is 11.4. The smallest absolute Gasteiger partial charge is 0.327 e. The number of hydrogen-bond acceptors (Lipinski definition) is 3. The lowest BCUT2D eigenvalue weighted by Crippen LogP contribution is -2.41. The van der Waals surface area contributed by atoms with Crippen molar-refractivity contribution in [2.45, 2.75) is 52.5 Å². The Morgan fingerprint density at radius 1 is 1.28 bits per heavy atom. The van der Waals surface area contributed by atoms with Gasteiger partial charge in [-0.2, -0.15) is 11.8 Å². The largest absolute Gasteiger partial charge is 0.480 e. The van der Waals surface area contributed by atoms with Crippen LogP contribution in [0.3, 0.4) is 0 Å². The Morgan fingerprint density at radius 2 is 1.94 bits per heavy atom. The number of unbranched alkanes of at least 4 members (excludes halogenated alkanes) is 1. The van der Waals surface area contributed by atoms with E-state index < -0.39 is 12.0 Å². The van der Waals surface area contributed by atoms with Gasteiger partial charge in [0.05, 0.1) is 0 Å². The molecule has 5 heteroatoms. The Bertz CT molecular complexity index is 259. The first kappa shape index (κ1) is 17.3. The average Bonchev–Trinajstić information content (AvgIpc) is 2.31. The zero-order valence-corrected chi connectivity index (χ0v) is 12.4. The van der Waals surface area contributed by atoms with Crippen LogP contribution >= 0.6 is 11.8 Å². The van der Waals surface area contributed by atoms with Gasteiger partial charge in [-0.3, -0.25) is 4.79 Å². The minimum Gasteiger partial charge on any atom is -0.480 e. The van der Waals surface area contributed by atoms with Crippen LogP contribution in [0, 0.1) is 5.92 Å². The second-order valence-electron chi connectivity index (χ2n) is 4.55. The number of carbonyl (C=O) groups is 2. The summed E-state index contributed by atoms with van der Waals surface area (Å²) in [6, 6.07) is -0.767. The van der Waals surface area contributed by atoms with Gasteiger partial charge in [0.1, 0.15) is 6.04 Å². The molecular formula is C13H25NO3S. The van der Waals surface area contributed by atoms with Crippen molar-refractivity contribution in [2.24, 2.45) is 5.92 Å². The Kier molecular flexibility index (Phi) is 9.83. The van der Waals surface area contributed by atoms with Crippen molar-refractivity contribution < 1.29 is 14.7 Å². The highest BCUT2D eigenvalue weighted by Crippen LogP contribution is 2.19. The quantitative estimate of drug-likeness (QED) is 0.643. The maximum atomic E-state index is 10.9. The van der Waals surface area contributed by atoms with Gasteiger partial charge in [-0.15, -0.1) is 0 Å². The zero-order valence-electron chi connectivity index (χ0n) is 11.6. The molecule has 0 saturated carbocycles. The number of nitrogens with one attached hydrogen (secondary N) is 1. The highest BCUT2D eigenvalue weighted by molar-refractivity contribution is 7.99. The van der Waals surface area contributed by atoms with E-state index in [-0.39, 0.29) is 5.91 Å². The fourth-order valence-electron chi connectivity index (χ4n) is 1.67. The molecule has 1 amide bonds. The first-order chi connectivity index (χ1) is 8.51. The molecule has 106 valence electrons. The van der Waals surface area contributed by atoms with Gasteiger partial charge < -0.3 is 10.4 Å². The third-order valence-corrected chi connectivity index (χ3v) is 4.13. The Hall–Kier alpha value is -0.710. The van der Waals surface area contributed by atoms with Crippen LogP contribution in [0.25, 0.3) is 0 Å². The van der Waals surface area contributed by atoms with Crippen LogP contribution in [0.5, 0.6) is 0 Å². The van der Waals surface area contributed by atoms with Gasteiger partial charge in [0.2, 0.25) is 5.91 Å². The van der Waals surface area contributed by atoms with Crippen LogP contribution in [-0.2, 0) is 9.59 Å². The maximum absolute atomic E-state index is 10.9. The summed E-state index contributed by atoms with van der Waals surface area (Å²) in [6.07, 6.45) is 4.76. The van der Waals surface area contributed by atoms with Crippen LogP contribution in [0.4, 0.5) is 0 Å². The fourth-order valence-corrected chi connectivity index (χ4v) is 3.00. The summed E-state index contributed by atoms with van der Waals surface area (Å²) >= 11 is 1.62. The maximum Gasteiger partial charge on any atom is 0.327 e. The molecule has 0 aromatic rings. The number of carboxylic acid groups (broad SMARTS) is 1. The second kappa shape index (κ2) is 10.2. The Balaban J connectivity index is 3.95. The molecule has 0 heterocycles. The summed E-state index contributed by atoms with van der Waals surface area (Å²) < 4.78 is 0. The number of aliphatic carboxylic acids is 1. The Labute approximate surface area is 114 Å². The molecule has 0 radical (unpaired) electrons. The predicted molar refractivity (Wildman–Crippen MR) is 75.9 cm³/mol. The molecule has 0 aromatic carbocycles. The van der Waals surface area contributed by atoms with Gasteiger partial charge in [-0.25, -0.2) is 4.79 Å². The molecule has 0 fully saturated rings. The molecule has 4 nitrogen and oxygen atoms in total. The van der Waals surface area contributed by atoms with Gasteiger partial charge in [0, 0.05) is 12.7 Å². The van der Waals surface area contributed by atoms with Crippen molar-refractivity contribution in [3.63, 3.8) is 0 Å². The van der Waals surface area contributed by atoms with Crippen molar-refractivity contribution in [1.82, 2.24) is 5.32 Å². The normalized spacial score (nSPS) is 13.9. The topological polar surface area (TPSA) is 66.4 Å². The number of thioether (sulfide) groups is 1. The molecule has 0 aliphatic carbocycles. The Morgan fingerprint density at radius 3 is 2.39 bits per heavy atom. The first-order valence-electron chi connectivity index (χ1n) is 6.58. The number of carboxylic acids is 1. The highest BCUT2D eigenvalue weighted by Gasteiger charge is 2.18. The van der Waals surface area contributed by atoms with Gasteiger partial charge >= 0.3 is 5.97 Å². The van der Waals surface area contributed by atoms with Crippen molar-refractivity contribution in [2.75, 3.05) is 11.5 Å². The number of rotatable bonds is 10. The van der Waals surface area contributed by atoms with E-state index in [4.69, 9.17) is 5.11 Å². The molecular weight excluding hydrogens is 250 g/mol. The molecule has 0 saturated heterocycles. The fraction of sp³-hybridized carbons (Fsp3) is 0.846. The molecule has 0 bridgehead atoms. The van der Waals surface area contributed by atoms with Crippen LogP contribution in [0.2, 0.25) is 0 Å². The van der Waals surface area contributed by atoms with Gasteiger partial charge in [-0.05, 0) is 18.1 Å². The van der Waals surface area contributed by atoms with Crippen LogP contribution in [-0.4, -0.2) is 34.5 Å². The average molecular weight is 275 g/mol. The molecule has 0 aliphatic rings. The molecule has 18 heavy (non-hydrogen) atoms. The minimum atomic E-state index is -0.959. The lowest BCUT2D eigenvalue weighted by molar-refractivity contribution is -0.140. The highest BCUT2D eigenvalue weighted by atomic mass is 32.2. The van der Waals surface area contributed by atoms with Crippen LogP contribution in [0.15, 0.2) is 0 Å². The van der Waals surface area contributed by atoms with E-state index in [1.165, 1.54) is 26.2 Å². The summed E-state index contributed by atoms with van der Waals surface area (Å²) in [5.74, 6) is 0.819. The van der Waals surface area contributed by atoms with E-state index in [0.29, 0.717) is 11.7 Å². The van der Waals surface area contributed by atoms with Gasteiger partial charge in [0.15, 0.2) is 0 Å². The van der Waals surface area contributed by atoms with E-state index in [1.807, 2.05) is 0 Å². The van der Waals surface area contributed by atoms with E-state index in [2.05, 4.69) is 19.2 Å². The zero-order chi connectivity index (χ0) is 14.0. The molecule has 2 atom stereocenters. The van der Waals surface area contributed by atoms with Crippen LogP contribution < -0.4 is 5.32 Å². The number of amides is 1. The van der Waals surface area contributed by atoms with Crippen molar-refractivity contribution >= 4 is 23.6 Å². The van der Waals surface area contributed by atoms with Crippen molar-refractivity contribution in [3.8, 4) is 0 Å². The molecule has 0 aromatic heterocycles. The minimum absolute atomic E-state index is 0.291. The monoisotopic (exact) mass is 275 g/mol. The lowest BCUT2D eigenvalue weighted by atomic mass is 10.0. The predicted octanol–water partition coefficient (Wildman–Crippen LogP) is 2.53. The second-order valence-corrected chi connectivity index (χ2v) is 5.62. The van der Waals surface area contributed by atoms with E-state index in [0.717, 1.165) is 12.2 Å². The summed E-state index contributed by atoms with van der Waals surface area (Å²) in [5.41, 5.74) is 0. The van der Waals surface area contributed by atoms with Gasteiger partial charge in [-0.1, -0.05) is 33.1 Å². The standard InChI is InChI=1S/C13H25NO3S/c1-4-6-7-11(5-2)8-18-9-12(13(16)17)14-10(3)15/h11-12H,4-9H2,1-3H3,(H,14,15)(H,16,17). The third-order valence-electron chi connectivity index (χ3n) is 2.86. The van der Waals surface area contributed by atoms with Crippen molar-refractivity contribution in [1.29, 1.82) is 0 Å². The summed E-state index contributed by atoms with van der Waals surface area (Å²) in [7, 11) is 0. The van der Waals surface area contributed by atoms with E-state index in [9.17, 15) is 9.59 Å². The molecule has 0 aliphatic heterocycles.